The molecule has 7 unspecified atom stereocenters. The predicted molar refractivity (Wildman–Crippen MR) is 306 cm³/mol. The van der Waals surface area contributed by atoms with E-state index >= 15 is 0 Å². The normalized spacial score (nSPS) is 19.3. The van der Waals surface area contributed by atoms with Gasteiger partial charge in [0, 0.05) is 12.8 Å². The zero-order valence-corrected chi connectivity index (χ0v) is 47.3. The molecule has 0 aromatic heterocycles. The maximum Gasteiger partial charge on any atom is 0.305 e. The van der Waals surface area contributed by atoms with Gasteiger partial charge in [0.25, 0.3) is 0 Å². The molecular formula is C63H113NO10. The van der Waals surface area contributed by atoms with Crippen molar-refractivity contribution < 1.29 is 49.3 Å². The molecule has 7 atom stereocenters. The van der Waals surface area contributed by atoms with Gasteiger partial charge in [-0.15, -0.1) is 0 Å². The van der Waals surface area contributed by atoms with Crippen LogP contribution in [0.4, 0.5) is 0 Å². The second-order valence-corrected chi connectivity index (χ2v) is 21.0. The van der Waals surface area contributed by atoms with E-state index in [-0.39, 0.29) is 18.5 Å². The van der Waals surface area contributed by atoms with E-state index in [1.165, 1.54) is 128 Å². The molecule has 1 rings (SSSR count). The largest absolute Gasteiger partial charge is 0.466 e. The molecule has 0 aromatic rings. The molecular weight excluding hydrogens is 931 g/mol. The number of aliphatic hydroxyl groups is 5. The summed E-state index contributed by atoms with van der Waals surface area (Å²) in [7, 11) is 0. The lowest BCUT2D eigenvalue weighted by Gasteiger charge is -2.40. The molecule has 11 heteroatoms. The van der Waals surface area contributed by atoms with Gasteiger partial charge in [-0.3, -0.25) is 9.59 Å². The number of allylic oxidation sites excluding steroid dienone is 9. The van der Waals surface area contributed by atoms with Gasteiger partial charge < -0.3 is 45.1 Å². The molecule has 0 saturated carbocycles. The number of amides is 1. The van der Waals surface area contributed by atoms with Crippen molar-refractivity contribution in [1.82, 2.24) is 5.32 Å². The molecule has 0 aliphatic carbocycles. The summed E-state index contributed by atoms with van der Waals surface area (Å²) in [4.78, 5) is 25.1. The van der Waals surface area contributed by atoms with Crippen LogP contribution in [-0.4, -0.2) is 100 Å². The van der Waals surface area contributed by atoms with Crippen molar-refractivity contribution >= 4 is 11.9 Å². The van der Waals surface area contributed by atoms with Crippen LogP contribution < -0.4 is 5.32 Å². The van der Waals surface area contributed by atoms with Crippen molar-refractivity contribution in [1.29, 1.82) is 0 Å². The van der Waals surface area contributed by atoms with E-state index in [2.05, 4.69) is 67.8 Å². The molecule has 0 bridgehead atoms. The minimum atomic E-state index is -1.59. The monoisotopic (exact) mass is 1040 g/mol. The highest BCUT2D eigenvalue weighted by Crippen LogP contribution is 2.23. The molecule has 1 aliphatic heterocycles. The molecule has 1 fully saturated rings. The number of ether oxygens (including phenoxy) is 3. The van der Waals surface area contributed by atoms with Gasteiger partial charge in [0.15, 0.2) is 6.29 Å². The molecule has 1 heterocycles. The van der Waals surface area contributed by atoms with Gasteiger partial charge in [0.05, 0.1) is 32.0 Å². The lowest BCUT2D eigenvalue weighted by atomic mass is 9.99. The van der Waals surface area contributed by atoms with Gasteiger partial charge in [0.1, 0.15) is 24.4 Å². The van der Waals surface area contributed by atoms with Crippen molar-refractivity contribution in [3.8, 4) is 0 Å². The zero-order chi connectivity index (χ0) is 53.8. The summed E-state index contributed by atoms with van der Waals surface area (Å²) in [6.07, 6.45) is 57.7. The summed E-state index contributed by atoms with van der Waals surface area (Å²) in [6.45, 7) is 4.14. The van der Waals surface area contributed by atoms with Crippen LogP contribution >= 0.6 is 0 Å². The third-order valence-electron chi connectivity index (χ3n) is 14.1. The molecule has 0 aromatic carbocycles. The standard InChI is InChI=1S/C63H113NO10/c1-3-5-7-9-11-13-15-16-17-18-19-22-25-28-31-35-39-43-47-51-59(68)72-52-48-44-40-36-32-29-26-23-20-21-24-27-30-34-38-42-46-50-58(67)64-55(54-73-63-62(71)61(70)60(69)57(53-65)74-63)56(66)49-45-41-37-33-14-12-10-8-6-4-2/h6,8,14,20,23,29,32-33,45,49,55-57,60-63,65-66,69-71H,3-5,7,9-13,15-19,21-22,24-28,30-31,34-44,46-48,50-54H2,1-2H3,(H,64,67)/b8-6+,23-20-,32-29-,33-14+,49-45+. The minimum Gasteiger partial charge on any atom is -0.466 e. The fraction of sp³-hybridized carbons (Fsp3) is 0.810. The van der Waals surface area contributed by atoms with Crippen molar-refractivity contribution in [2.45, 2.75) is 307 Å². The highest BCUT2D eigenvalue weighted by atomic mass is 16.7. The Morgan fingerprint density at radius 1 is 0.514 bits per heavy atom. The highest BCUT2D eigenvalue weighted by molar-refractivity contribution is 5.76. The number of hydrogen-bond donors (Lipinski definition) is 6. The zero-order valence-electron chi connectivity index (χ0n) is 47.3. The molecule has 430 valence electrons. The second-order valence-electron chi connectivity index (χ2n) is 21.0. The predicted octanol–water partition coefficient (Wildman–Crippen LogP) is 14.2. The Morgan fingerprint density at radius 2 is 0.959 bits per heavy atom. The lowest BCUT2D eigenvalue weighted by molar-refractivity contribution is -0.302. The Morgan fingerprint density at radius 3 is 1.47 bits per heavy atom. The third-order valence-corrected chi connectivity index (χ3v) is 14.1. The first-order chi connectivity index (χ1) is 36.2. The molecule has 6 N–H and O–H groups in total. The van der Waals surface area contributed by atoms with Crippen LogP contribution in [0.15, 0.2) is 60.8 Å². The van der Waals surface area contributed by atoms with E-state index in [0.29, 0.717) is 25.9 Å². The molecule has 0 radical (unpaired) electrons. The SMILES string of the molecule is CC/C=C/CC/C=C/CC/C=C/C(O)C(COC1OC(CO)C(O)C(O)C1O)NC(=O)CCCCCCCCC/C=C\C/C=C\CCCCCOC(=O)CCCCCCCCCCCCCCCCCCCCC. The Labute approximate surface area is 452 Å². The molecule has 1 amide bonds. The third kappa shape index (κ3) is 41.5. The first-order valence-electron chi connectivity index (χ1n) is 30.6. The van der Waals surface area contributed by atoms with Crippen LogP contribution in [0.1, 0.15) is 264 Å². The quantitative estimate of drug-likeness (QED) is 0.0195. The number of carbonyl (C=O) groups is 2. The summed E-state index contributed by atoms with van der Waals surface area (Å²) >= 11 is 0. The highest BCUT2D eigenvalue weighted by Gasteiger charge is 2.44. The fourth-order valence-corrected chi connectivity index (χ4v) is 9.27. The molecule has 1 saturated heterocycles. The number of unbranched alkanes of at least 4 members (excludes halogenated alkanes) is 30. The van der Waals surface area contributed by atoms with Gasteiger partial charge in [-0.25, -0.2) is 0 Å². The van der Waals surface area contributed by atoms with Gasteiger partial charge in [-0.05, 0) is 89.9 Å². The van der Waals surface area contributed by atoms with Crippen molar-refractivity contribution in [2.24, 2.45) is 0 Å². The van der Waals surface area contributed by atoms with Crippen LogP contribution in [0.25, 0.3) is 0 Å². The number of nitrogens with one attached hydrogen (secondary N) is 1. The van der Waals surface area contributed by atoms with E-state index < -0.39 is 49.5 Å². The first kappa shape index (κ1) is 69.4. The number of aliphatic hydroxyl groups excluding tert-OH is 5. The van der Waals surface area contributed by atoms with Crippen LogP contribution in [0.5, 0.6) is 0 Å². The van der Waals surface area contributed by atoms with Crippen LogP contribution in [0, 0.1) is 0 Å². The van der Waals surface area contributed by atoms with Gasteiger partial charge in [-0.1, -0.05) is 222 Å². The maximum absolute atomic E-state index is 13.0. The molecule has 11 nitrogen and oxygen atoms in total. The van der Waals surface area contributed by atoms with E-state index in [1.807, 2.05) is 6.08 Å². The number of rotatable bonds is 52. The summed E-state index contributed by atoms with van der Waals surface area (Å²) in [5.41, 5.74) is 0. The lowest BCUT2D eigenvalue weighted by Crippen LogP contribution is -2.60. The topological polar surface area (TPSA) is 175 Å². The van der Waals surface area contributed by atoms with Crippen molar-refractivity contribution in [2.75, 3.05) is 19.8 Å². The van der Waals surface area contributed by atoms with E-state index in [0.717, 1.165) is 103 Å². The van der Waals surface area contributed by atoms with Crippen LogP contribution in [-0.2, 0) is 23.8 Å². The molecule has 0 spiro atoms. The Hall–Kier alpha value is -2.64. The molecule has 74 heavy (non-hydrogen) atoms. The number of carbonyl (C=O) groups excluding carboxylic acids is 2. The van der Waals surface area contributed by atoms with E-state index in [9.17, 15) is 35.1 Å². The average molecular weight is 1040 g/mol. The summed E-state index contributed by atoms with van der Waals surface area (Å²) in [6, 6.07) is -0.847. The smallest absolute Gasteiger partial charge is 0.305 e. The number of esters is 1. The Kier molecular flexibility index (Phi) is 49.1. The van der Waals surface area contributed by atoms with Gasteiger partial charge in [-0.2, -0.15) is 0 Å². The van der Waals surface area contributed by atoms with Crippen molar-refractivity contribution in [3.05, 3.63) is 60.8 Å². The minimum absolute atomic E-state index is 0.0296. The van der Waals surface area contributed by atoms with Gasteiger partial charge in [0.2, 0.25) is 5.91 Å². The summed E-state index contributed by atoms with van der Waals surface area (Å²) < 4.78 is 16.7. The first-order valence-corrected chi connectivity index (χ1v) is 30.6. The van der Waals surface area contributed by atoms with Gasteiger partial charge >= 0.3 is 5.97 Å². The average Bonchev–Trinajstić information content (AvgIpc) is 3.40. The molecule has 1 aliphatic rings. The van der Waals surface area contributed by atoms with E-state index in [1.54, 1.807) is 6.08 Å². The second kappa shape index (κ2) is 52.4. The summed E-state index contributed by atoms with van der Waals surface area (Å²) in [5, 5.41) is 54.2. The maximum atomic E-state index is 13.0. The Bertz CT molecular complexity index is 1410. The Balaban J connectivity index is 2.06. The van der Waals surface area contributed by atoms with Crippen molar-refractivity contribution in [3.63, 3.8) is 0 Å². The number of hydrogen-bond acceptors (Lipinski definition) is 10. The van der Waals surface area contributed by atoms with E-state index in [4.69, 9.17) is 14.2 Å². The summed E-state index contributed by atoms with van der Waals surface area (Å²) in [5.74, 6) is -0.245. The fourth-order valence-electron chi connectivity index (χ4n) is 9.27. The van der Waals surface area contributed by atoms with Crippen LogP contribution in [0.3, 0.4) is 0 Å². The van der Waals surface area contributed by atoms with Crippen LogP contribution in [0.2, 0.25) is 0 Å².